The lowest BCUT2D eigenvalue weighted by atomic mass is 10.3. The van der Waals surface area contributed by atoms with Gasteiger partial charge in [0.1, 0.15) is 18.1 Å². The number of ether oxygens (including phenoxy) is 2. The molecule has 0 saturated carbocycles. The van der Waals surface area contributed by atoms with Gasteiger partial charge in [-0.25, -0.2) is 0 Å². The van der Waals surface area contributed by atoms with Crippen LogP contribution in [0.3, 0.4) is 0 Å². The van der Waals surface area contributed by atoms with Crippen LogP contribution in [0.4, 0.5) is 0 Å². The molecule has 0 aliphatic heterocycles. The molecule has 0 spiro atoms. The molecule has 0 radical (unpaired) electrons. The van der Waals surface area contributed by atoms with Crippen molar-refractivity contribution in [3.05, 3.63) is 24.3 Å². The summed E-state index contributed by atoms with van der Waals surface area (Å²) in [6, 6.07) is 7.25. The topological polar surface area (TPSA) is 38.7 Å². The minimum atomic E-state index is -0.442. The Kier molecular flexibility index (Phi) is 3.58. The van der Waals surface area contributed by atoms with Crippen LogP contribution in [0, 0.1) is 0 Å². The predicted molar refractivity (Wildman–Crippen MR) is 50.2 cm³/mol. The SMILES string of the molecule is COc1ccc(OC[C@H](C)O)cc1. The number of methoxy groups -OCH3 is 1. The second-order valence-corrected chi connectivity index (χ2v) is 2.84. The lowest BCUT2D eigenvalue weighted by molar-refractivity contribution is 0.122. The highest BCUT2D eigenvalue weighted by Gasteiger charge is 1.97. The number of hydrogen-bond donors (Lipinski definition) is 1. The monoisotopic (exact) mass is 182 g/mol. The van der Waals surface area contributed by atoms with Gasteiger partial charge in [-0.05, 0) is 31.2 Å². The molecule has 0 aliphatic rings. The fraction of sp³-hybridized carbons (Fsp3) is 0.400. The van der Waals surface area contributed by atoms with Crippen molar-refractivity contribution in [3.8, 4) is 11.5 Å². The average Bonchev–Trinajstić information content (AvgIpc) is 2.15. The summed E-state index contributed by atoms with van der Waals surface area (Å²) in [5, 5.41) is 8.96. The van der Waals surface area contributed by atoms with E-state index in [1.54, 1.807) is 26.2 Å². The number of aliphatic hydroxyl groups excluding tert-OH is 1. The summed E-state index contributed by atoms with van der Waals surface area (Å²) in [6.45, 7) is 2.00. The standard InChI is InChI=1S/C10H14O3/c1-8(11)7-13-10-5-3-9(12-2)4-6-10/h3-6,8,11H,7H2,1-2H3/t8-/m0/s1. The Labute approximate surface area is 77.9 Å². The second kappa shape index (κ2) is 4.72. The molecular weight excluding hydrogens is 168 g/mol. The van der Waals surface area contributed by atoms with E-state index in [4.69, 9.17) is 14.6 Å². The Morgan fingerprint density at radius 2 is 1.77 bits per heavy atom. The molecule has 0 aliphatic carbocycles. The van der Waals surface area contributed by atoms with Gasteiger partial charge >= 0.3 is 0 Å². The van der Waals surface area contributed by atoms with Crippen LogP contribution in [0.1, 0.15) is 6.92 Å². The maximum Gasteiger partial charge on any atom is 0.119 e. The highest BCUT2D eigenvalue weighted by Crippen LogP contribution is 2.16. The lowest BCUT2D eigenvalue weighted by Crippen LogP contribution is -2.12. The van der Waals surface area contributed by atoms with Crippen LogP contribution in [0.5, 0.6) is 11.5 Å². The maximum atomic E-state index is 8.96. The molecule has 13 heavy (non-hydrogen) atoms. The first kappa shape index (κ1) is 9.86. The maximum absolute atomic E-state index is 8.96. The van der Waals surface area contributed by atoms with Gasteiger partial charge in [0.15, 0.2) is 0 Å². The predicted octanol–water partition coefficient (Wildman–Crippen LogP) is 1.45. The molecule has 0 bridgehead atoms. The normalized spacial score (nSPS) is 12.2. The Morgan fingerprint density at radius 1 is 1.23 bits per heavy atom. The van der Waals surface area contributed by atoms with E-state index in [0.29, 0.717) is 6.61 Å². The van der Waals surface area contributed by atoms with Crippen LogP contribution in [0.15, 0.2) is 24.3 Å². The zero-order chi connectivity index (χ0) is 9.68. The molecule has 1 atom stereocenters. The van der Waals surface area contributed by atoms with Gasteiger partial charge in [-0.3, -0.25) is 0 Å². The molecule has 0 heterocycles. The zero-order valence-corrected chi connectivity index (χ0v) is 7.86. The third kappa shape index (κ3) is 3.34. The molecule has 1 N–H and O–H groups in total. The molecule has 3 nitrogen and oxygen atoms in total. The Morgan fingerprint density at radius 3 is 2.23 bits per heavy atom. The molecule has 3 heteroatoms. The summed E-state index contributed by atoms with van der Waals surface area (Å²) in [5.41, 5.74) is 0. The van der Waals surface area contributed by atoms with Crippen molar-refractivity contribution in [2.24, 2.45) is 0 Å². The van der Waals surface area contributed by atoms with Crippen molar-refractivity contribution in [1.29, 1.82) is 0 Å². The van der Waals surface area contributed by atoms with Gasteiger partial charge in [0, 0.05) is 0 Å². The van der Waals surface area contributed by atoms with Crippen LogP contribution in [0.25, 0.3) is 0 Å². The number of benzene rings is 1. The van der Waals surface area contributed by atoms with E-state index in [2.05, 4.69) is 0 Å². The van der Waals surface area contributed by atoms with Gasteiger partial charge in [0.25, 0.3) is 0 Å². The minimum Gasteiger partial charge on any atom is -0.497 e. The third-order valence-corrected chi connectivity index (χ3v) is 1.55. The van der Waals surface area contributed by atoms with Crippen LogP contribution in [-0.2, 0) is 0 Å². The van der Waals surface area contributed by atoms with Crippen LogP contribution < -0.4 is 9.47 Å². The number of hydrogen-bond acceptors (Lipinski definition) is 3. The van der Waals surface area contributed by atoms with E-state index in [1.807, 2.05) is 12.1 Å². The van der Waals surface area contributed by atoms with Gasteiger partial charge in [-0.2, -0.15) is 0 Å². The van der Waals surface area contributed by atoms with Crippen molar-refractivity contribution in [2.45, 2.75) is 13.0 Å². The Bertz CT molecular complexity index is 241. The Balaban J connectivity index is 2.49. The fourth-order valence-corrected chi connectivity index (χ4v) is 0.889. The molecule has 0 aromatic heterocycles. The highest BCUT2D eigenvalue weighted by atomic mass is 16.5. The van der Waals surface area contributed by atoms with E-state index < -0.39 is 6.10 Å². The van der Waals surface area contributed by atoms with E-state index in [9.17, 15) is 0 Å². The first-order chi connectivity index (χ1) is 6.22. The van der Waals surface area contributed by atoms with Gasteiger partial charge < -0.3 is 14.6 Å². The smallest absolute Gasteiger partial charge is 0.119 e. The number of aliphatic hydroxyl groups is 1. The minimum absolute atomic E-state index is 0.312. The first-order valence-electron chi connectivity index (χ1n) is 4.17. The van der Waals surface area contributed by atoms with Crippen molar-refractivity contribution in [1.82, 2.24) is 0 Å². The zero-order valence-electron chi connectivity index (χ0n) is 7.86. The molecule has 72 valence electrons. The number of rotatable bonds is 4. The van der Waals surface area contributed by atoms with E-state index in [1.165, 1.54) is 0 Å². The lowest BCUT2D eigenvalue weighted by Gasteiger charge is -2.08. The molecule has 1 aromatic rings. The summed E-state index contributed by atoms with van der Waals surface area (Å²) in [5.74, 6) is 1.53. The van der Waals surface area contributed by atoms with Gasteiger partial charge in [-0.15, -0.1) is 0 Å². The molecule has 0 saturated heterocycles. The average molecular weight is 182 g/mol. The fourth-order valence-electron chi connectivity index (χ4n) is 0.889. The second-order valence-electron chi connectivity index (χ2n) is 2.84. The van der Waals surface area contributed by atoms with Crippen molar-refractivity contribution < 1.29 is 14.6 Å². The van der Waals surface area contributed by atoms with Crippen molar-refractivity contribution in [2.75, 3.05) is 13.7 Å². The summed E-state index contributed by atoms with van der Waals surface area (Å²) in [6.07, 6.45) is -0.442. The van der Waals surface area contributed by atoms with E-state index in [-0.39, 0.29) is 0 Å². The summed E-state index contributed by atoms with van der Waals surface area (Å²) in [4.78, 5) is 0. The molecular formula is C10H14O3. The molecule has 1 aromatic carbocycles. The van der Waals surface area contributed by atoms with Gasteiger partial charge in [0.2, 0.25) is 0 Å². The van der Waals surface area contributed by atoms with Crippen molar-refractivity contribution in [3.63, 3.8) is 0 Å². The summed E-state index contributed by atoms with van der Waals surface area (Å²) < 4.78 is 10.3. The Hall–Kier alpha value is -1.22. The van der Waals surface area contributed by atoms with Crippen LogP contribution >= 0.6 is 0 Å². The van der Waals surface area contributed by atoms with Crippen molar-refractivity contribution >= 4 is 0 Å². The van der Waals surface area contributed by atoms with E-state index >= 15 is 0 Å². The molecule has 0 amide bonds. The first-order valence-corrected chi connectivity index (χ1v) is 4.17. The third-order valence-electron chi connectivity index (χ3n) is 1.55. The summed E-state index contributed by atoms with van der Waals surface area (Å²) >= 11 is 0. The van der Waals surface area contributed by atoms with E-state index in [0.717, 1.165) is 11.5 Å². The van der Waals surface area contributed by atoms with Gasteiger partial charge in [0.05, 0.1) is 13.2 Å². The van der Waals surface area contributed by atoms with Crippen LogP contribution in [0.2, 0.25) is 0 Å². The quantitative estimate of drug-likeness (QED) is 0.766. The molecule has 0 unspecified atom stereocenters. The highest BCUT2D eigenvalue weighted by molar-refractivity contribution is 5.31. The molecule has 1 rings (SSSR count). The van der Waals surface area contributed by atoms with Crippen LogP contribution in [-0.4, -0.2) is 24.9 Å². The van der Waals surface area contributed by atoms with Gasteiger partial charge in [-0.1, -0.05) is 0 Å². The molecule has 0 fully saturated rings. The summed E-state index contributed by atoms with van der Waals surface area (Å²) in [7, 11) is 1.62. The largest absolute Gasteiger partial charge is 0.497 e.